The Kier molecular flexibility index (Phi) is 6.04. The molecule has 0 saturated carbocycles. The van der Waals surface area contributed by atoms with Gasteiger partial charge in [0.2, 0.25) is 10.0 Å². The molecule has 0 unspecified atom stereocenters. The Labute approximate surface area is 151 Å². The van der Waals surface area contributed by atoms with E-state index in [-0.39, 0.29) is 40.6 Å². The minimum atomic E-state index is -3.53. The lowest BCUT2D eigenvalue weighted by Gasteiger charge is -2.12. The number of nitrogens with one attached hydrogen (secondary N) is 2. The topological polar surface area (TPSA) is 126 Å². The Morgan fingerprint density at radius 2 is 1.88 bits per heavy atom. The van der Waals surface area contributed by atoms with E-state index in [0.29, 0.717) is 6.42 Å². The van der Waals surface area contributed by atoms with Crippen molar-refractivity contribution in [2.75, 3.05) is 10.5 Å². The standard InChI is InChI=1S/C17H20N2O6S/c1-3-8-26(23,24)19-15-7-5-4-6-13(15)16(20)18-10-12-9-14(17(21)22)11(2)25-12/h4-7,9,19H,3,8,10H2,1-2H3,(H,18,20)(H,21,22). The number of hydrogen-bond acceptors (Lipinski definition) is 5. The molecule has 0 aliphatic rings. The second-order valence-corrected chi connectivity index (χ2v) is 7.48. The number of benzene rings is 1. The first-order valence-electron chi connectivity index (χ1n) is 7.94. The van der Waals surface area contributed by atoms with E-state index in [1.54, 1.807) is 19.1 Å². The Balaban J connectivity index is 2.13. The zero-order valence-electron chi connectivity index (χ0n) is 14.4. The summed E-state index contributed by atoms with van der Waals surface area (Å²) in [6, 6.07) is 7.58. The number of aryl methyl sites for hydroxylation is 1. The van der Waals surface area contributed by atoms with Crippen LogP contribution in [0.3, 0.4) is 0 Å². The van der Waals surface area contributed by atoms with Crippen molar-refractivity contribution in [3.8, 4) is 0 Å². The Morgan fingerprint density at radius 3 is 2.50 bits per heavy atom. The van der Waals surface area contributed by atoms with E-state index in [1.165, 1.54) is 25.1 Å². The molecule has 2 rings (SSSR count). The molecule has 9 heteroatoms. The largest absolute Gasteiger partial charge is 0.478 e. The second kappa shape index (κ2) is 8.05. The third kappa shape index (κ3) is 4.85. The number of para-hydroxylation sites is 1. The zero-order chi connectivity index (χ0) is 19.3. The number of aromatic carboxylic acids is 1. The van der Waals surface area contributed by atoms with Gasteiger partial charge in [-0.1, -0.05) is 19.1 Å². The highest BCUT2D eigenvalue weighted by molar-refractivity contribution is 7.92. The number of carboxylic acids is 1. The van der Waals surface area contributed by atoms with Gasteiger partial charge in [-0.25, -0.2) is 13.2 Å². The summed E-state index contributed by atoms with van der Waals surface area (Å²) in [7, 11) is -3.53. The van der Waals surface area contributed by atoms with Gasteiger partial charge in [0.1, 0.15) is 17.1 Å². The number of carboxylic acid groups (broad SMARTS) is 1. The van der Waals surface area contributed by atoms with Crippen molar-refractivity contribution in [2.45, 2.75) is 26.8 Å². The number of rotatable bonds is 8. The fourth-order valence-electron chi connectivity index (χ4n) is 2.36. The molecule has 0 saturated heterocycles. The molecule has 0 fully saturated rings. The lowest BCUT2D eigenvalue weighted by atomic mass is 10.1. The quantitative estimate of drug-likeness (QED) is 0.645. The van der Waals surface area contributed by atoms with Gasteiger partial charge in [0.25, 0.3) is 5.91 Å². The first-order chi connectivity index (χ1) is 12.2. The van der Waals surface area contributed by atoms with Crippen LogP contribution < -0.4 is 10.0 Å². The number of carbonyl (C=O) groups is 2. The van der Waals surface area contributed by atoms with Crippen LogP contribution in [0.4, 0.5) is 5.69 Å². The summed E-state index contributed by atoms with van der Waals surface area (Å²) in [5.41, 5.74) is 0.371. The van der Waals surface area contributed by atoms with Crippen LogP contribution in [0.2, 0.25) is 0 Å². The van der Waals surface area contributed by atoms with Gasteiger partial charge in [-0.15, -0.1) is 0 Å². The molecule has 1 aromatic carbocycles. The average molecular weight is 380 g/mol. The van der Waals surface area contributed by atoms with Crippen LogP contribution in [0, 0.1) is 6.92 Å². The predicted molar refractivity (Wildman–Crippen MR) is 95.7 cm³/mol. The van der Waals surface area contributed by atoms with E-state index in [1.807, 2.05) is 0 Å². The first-order valence-corrected chi connectivity index (χ1v) is 9.59. The molecule has 26 heavy (non-hydrogen) atoms. The molecular formula is C17H20N2O6S. The summed E-state index contributed by atoms with van der Waals surface area (Å²) < 4.78 is 31.6. The number of hydrogen-bond donors (Lipinski definition) is 3. The van der Waals surface area contributed by atoms with Gasteiger partial charge in [0, 0.05) is 0 Å². The molecule has 0 aliphatic heterocycles. The third-order valence-corrected chi connectivity index (χ3v) is 5.01. The van der Waals surface area contributed by atoms with E-state index >= 15 is 0 Å². The summed E-state index contributed by atoms with van der Waals surface area (Å²) in [6.45, 7) is 3.24. The Hall–Kier alpha value is -2.81. The smallest absolute Gasteiger partial charge is 0.339 e. The summed E-state index contributed by atoms with van der Waals surface area (Å²) in [4.78, 5) is 23.4. The van der Waals surface area contributed by atoms with Crippen molar-refractivity contribution in [3.05, 3.63) is 53.0 Å². The van der Waals surface area contributed by atoms with Crippen molar-refractivity contribution in [1.29, 1.82) is 0 Å². The molecule has 0 bridgehead atoms. The van der Waals surface area contributed by atoms with Crippen LogP contribution in [-0.4, -0.2) is 31.2 Å². The summed E-state index contributed by atoms with van der Waals surface area (Å²) >= 11 is 0. The molecule has 0 radical (unpaired) electrons. The molecule has 1 amide bonds. The number of carbonyl (C=O) groups excluding carboxylic acids is 1. The van der Waals surface area contributed by atoms with E-state index in [2.05, 4.69) is 10.0 Å². The molecule has 8 nitrogen and oxygen atoms in total. The van der Waals surface area contributed by atoms with Crippen LogP contribution in [0.25, 0.3) is 0 Å². The predicted octanol–water partition coefficient (Wildman–Crippen LogP) is 2.37. The summed E-state index contributed by atoms with van der Waals surface area (Å²) in [6.07, 6.45) is 0.452. The van der Waals surface area contributed by atoms with Gasteiger partial charge < -0.3 is 14.8 Å². The van der Waals surface area contributed by atoms with Crippen LogP contribution in [0.15, 0.2) is 34.7 Å². The highest BCUT2D eigenvalue weighted by atomic mass is 32.2. The van der Waals surface area contributed by atoms with Crippen molar-refractivity contribution in [3.63, 3.8) is 0 Å². The Morgan fingerprint density at radius 1 is 1.19 bits per heavy atom. The van der Waals surface area contributed by atoms with Gasteiger partial charge in [0.05, 0.1) is 23.5 Å². The van der Waals surface area contributed by atoms with E-state index in [9.17, 15) is 18.0 Å². The number of anilines is 1. The highest BCUT2D eigenvalue weighted by Crippen LogP contribution is 2.18. The maximum atomic E-state index is 12.4. The monoisotopic (exact) mass is 380 g/mol. The minimum Gasteiger partial charge on any atom is -0.478 e. The normalized spacial score (nSPS) is 11.2. The maximum Gasteiger partial charge on any atom is 0.339 e. The van der Waals surface area contributed by atoms with Crippen LogP contribution in [0.5, 0.6) is 0 Å². The molecule has 1 aromatic heterocycles. The average Bonchev–Trinajstić information content (AvgIpc) is 2.94. The fraction of sp³-hybridized carbons (Fsp3) is 0.294. The van der Waals surface area contributed by atoms with E-state index in [0.717, 1.165) is 0 Å². The zero-order valence-corrected chi connectivity index (χ0v) is 15.2. The molecule has 2 aromatic rings. The molecule has 1 heterocycles. The van der Waals surface area contributed by atoms with Crippen LogP contribution in [-0.2, 0) is 16.6 Å². The van der Waals surface area contributed by atoms with Crippen LogP contribution in [0.1, 0.15) is 45.6 Å². The van der Waals surface area contributed by atoms with Gasteiger partial charge in [-0.3, -0.25) is 9.52 Å². The van der Waals surface area contributed by atoms with Crippen molar-refractivity contribution < 1.29 is 27.5 Å². The SMILES string of the molecule is CCCS(=O)(=O)Nc1ccccc1C(=O)NCc1cc(C(=O)O)c(C)o1. The first kappa shape index (κ1) is 19.5. The van der Waals surface area contributed by atoms with Gasteiger partial charge in [0.15, 0.2) is 0 Å². The molecular weight excluding hydrogens is 360 g/mol. The molecule has 3 N–H and O–H groups in total. The lowest BCUT2D eigenvalue weighted by molar-refractivity contribution is 0.0694. The third-order valence-electron chi connectivity index (χ3n) is 3.53. The van der Waals surface area contributed by atoms with Gasteiger partial charge in [-0.2, -0.15) is 0 Å². The van der Waals surface area contributed by atoms with Crippen LogP contribution >= 0.6 is 0 Å². The van der Waals surface area contributed by atoms with Crippen molar-refractivity contribution >= 4 is 27.6 Å². The molecule has 0 atom stereocenters. The van der Waals surface area contributed by atoms with E-state index < -0.39 is 21.9 Å². The number of furan rings is 1. The van der Waals surface area contributed by atoms with Gasteiger partial charge in [-0.05, 0) is 31.5 Å². The lowest BCUT2D eigenvalue weighted by Crippen LogP contribution is -2.25. The van der Waals surface area contributed by atoms with Gasteiger partial charge >= 0.3 is 5.97 Å². The highest BCUT2D eigenvalue weighted by Gasteiger charge is 2.17. The van der Waals surface area contributed by atoms with Crippen molar-refractivity contribution in [2.24, 2.45) is 0 Å². The maximum absolute atomic E-state index is 12.4. The number of amides is 1. The fourth-order valence-corrected chi connectivity index (χ4v) is 3.52. The second-order valence-electron chi connectivity index (χ2n) is 5.64. The molecule has 0 spiro atoms. The van der Waals surface area contributed by atoms with E-state index in [4.69, 9.17) is 9.52 Å². The minimum absolute atomic E-state index is 0.0248. The Bertz CT molecular complexity index is 917. The number of sulfonamides is 1. The summed E-state index contributed by atoms with van der Waals surface area (Å²) in [5, 5.41) is 11.6. The molecule has 140 valence electrons. The molecule has 0 aliphatic carbocycles. The summed E-state index contributed by atoms with van der Waals surface area (Å²) in [5.74, 6) is -1.14. The van der Waals surface area contributed by atoms with Crippen molar-refractivity contribution in [1.82, 2.24) is 5.32 Å².